The van der Waals surface area contributed by atoms with E-state index in [4.69, 9.17) is 22.6 Å². The van der Waals surface area contributed by atoms with E-state index in [1.165, 1.54) is 0 Å². The molecular weight excluding hydrogens is 246 g/mol. The van der Waals surface area contributed by atoms with Gasteiger partial charge in [0, 0.05) is 29.8 Å². The topological polar surface area (TPSA) is 53.0 Å². The van der Waals surface area contributed by atoms with Crippen LogP contribution in [0.25, 0.3) is 0 Å². The Bertz CT molecular complexity index is 437. The number of hydrogen-bond donors (Lipinski definition) is 1. The second kappa shape index (κ2) is 6.63. The number of nitriles is 1. The van der Waals surface area contributed by atoms with E-state index in [1.807, 2.05) is 32.0 Å². The van der Waals surface area contributed by atoms with E-state index in [1.54, 1.807) is 0 Å². The summed E-state index contributed by atoms with van der Waals surface area (Å²) in [7, 11) is 0. The van der Waals surface area contributed by atoms with E-state index in [2.05, 4.69) is 17.9 Å². The predicted octanol–water partition coefficient (Wildman–Crippen LogP) is 3.35. The summed E-state index contributed by atoms with van der Waals surface area (Å²) < 4.78 is 0. The summed E-state index contributed by atoms with van der Waals surface area (Å²) in [5.41, 5.74) is 7.82. The fourth-order valence-electron chi connectivity index (χ4n) is 1.87. The highest BCUT2D eigenvalue weighted by Gasteiger charge is 2.12. The maximum absolute atomic E-state index is 8.88. The van der Waals surface area contributed by atoms with Gasteiger partial charge in [0.1, 0.15) is 0 Å². The number of benzene rings is 1. The number of hydrogen-bond acceptors (Lipinski definition) is 3. The van der Waals surface area contributed by atoms with Crippen molar-refractivity contribution in [2.75, 3.05) is 18.0 Å². The molecular formula is C14H20ClN3. The third-order valence-corrected chi connectivity index (χ3v) is 3.26. The lowest BCUT2D eigenvalue weighted by atomic mass is 10.1. The van der Waals surface area contributed by atoms with Crippen LogP contribution in [-0.4, -0.2) is 13.1 Å². The van der Waals surface area contributed by atoms with Gasteiger partial charge in [-0.1, -0.05) is 17.7 Å². The van der Waals surface area contributed by atoms with Gasteiger partial charge in [-0.2, -0.15) is 5.26 Å². The molecule has 2 unspecified atom stereocenters. The Balaban J connectivity index is 2.95. The van der Waals surface area contributed by atoms with Crippen LogP contribution in [0.1, 0.15) is 32.4 Å². The Kier molecular flexibility index (Phi) is 5.46. The number of rotatable bonds is 5. The standard InChI is InChI=1S/C14H20ClN3/c1-4-18(9-10(2)8-16)12-5-6-13(11(3)17)14(15)7-12/h5-7,10-11H,4,9,17H2,1-3H3. The first kappa shape index (κ1) is 14.8. The van der Waals surface area contributed by atoms with E-state index >= 15 is 0 Å². The van der Waals surface area contributed by atoms with Crippen molar-refractivity contribution in [1.29, 1.82) is 5.26 Å². The van der Waals surface area contributed by atoms with E-state index in [9.17, 15) is 0 Å². The van der Waals surface area contributed by atoms with Crippen LogP contribution in [0.15, 0.2) is 18.2 Å². The molecule has 2 atom stereocenters. The zero-order valence-corrected chi connectivity index (χ0v) is 11.9. The van der Waals surface area contributed by atoms with Crippen molar-refractivity contribution in [3.8, 4) is 6.07 Å². The minimum atomic E-state index is -0.0698. The van der Waals surface area contributed by atoms with Crippen LogP contribution in [0.3, 0.4) is 0 Å². The Morgan fingerprint density at radius 2 is 2.11 bits per heavy atom. The first-order chi connectivity index (χ1) is 8.49. The maximum atomic E-state index is 8.88. The SMILES string of the molecule is CCN(CC(C)C#N)c1ccc(C(C)N)c(Cl)c1. The lowest BCUT2D eigenvalue weighted by Crippen LogP contribution is -2.27. The third-order valence-electron chi connectivity index (χ3n) is 2.94. The molecule has 0 aliphatic heterocycles. The largest absolute Gasteiger partial charge is 0.370 e. The van der Waals surface area contributed by atoms with Gasteiger partial charge in [-0.15, -0.1) is 0 Å². The zero-order valence-electron chi connectivity index (χ0n) is 11.2. The second-order valence-electron chi connectivity index (χ2n) is 4.56. The Hall–Kier alpha value is -1.24. The average Bonchev–Trinajstić information content (AvgIpc) is 2.34. The van der Waals surface area contributed by atoms with Crippen molar-refractivity contribution < 1.29 is 0 Å². The fourth-order valence-corrected chi connectivity index (χ4v) is 2.22. The van der Waals surface area contributed by atoms with Crippen molar-refractivity contribution in [2.45, 2.75) is 26.8 Å². The maximum Gasteiger partial charge on any atom is 0.0671 e. The third kappa shape index (κ3) is 3.63. The molecule has 2 N–H and O–H groups in total. The summed E-state index contributed by atoms with van der Waals surface area (Å²) in [6.45, 7) is 7.45. The fraction of sp³-hybridized carbons (Fsp3) is 0.500. The average molecular weight is 266 g/mol. The van der Waals surface area contributed by atoms with Gasteiger partial charge >= 0.3 is 0 Å². The molecule has 0 spiro atoms. The smallest absolute Gasteiger partial charge is 0.0671 e. The van der Waals surface area contributed by atoms with Gasteiger partial charge in [0.2, 0.25) is 0 Å². The lowest BCUT2D eigenvalue weighted by molar-refractivity contribution is 0.686. The van der Waals surface area contributed by atoms with Crippen LogP contribution in [-0.2, 0) is 0 Å². The van der Waals surface area contributed by atoms with Gasteiger partial charge in [0.05, 0.1) is 12.0 Å². The minimum Gasteiger partial charge on any atom is -0.370 e. The van der Waals surface area contributed by atoms with Gasteiger partial charge in [-0.3, -0.25) is 0 Å². The molecule has 0 radical (unpaired) electrons. The van der Waals surface area contributed by atoms with E-state index in [0.717, 1.165) is 17.8 Å². The van der Waals surface area contributed by atoms with Crippen LogP contribution in [0.2, 0.25) is 5.02 Å². The van der Waals surface area contributed by atoms with Crippen LogP contribution < -0.4 is 10.6 Å². The Morgan fingerprint density at radius 1 is 1.44 bits per heavy atom. The summed E-state index contributed by atoms with van der Waals surface area (Å²) >= 11 is 6.22. The highest BCUT2D eigenvalue weighted by molar-refractivity contribution is 6.31. The second-order valence-corrected chi connectivity index (χ2v) is 4.97. The van der Waals surface area contributed by atoms with Gasteiger partial charge in [0.15, 0.2) is 0 Å². The number of nitrogens with zero attached hydrogens (tertiary/aromatic N) is 2. The summed E-state index contributed by atoms with van der Waals surface area (Å²) in [5, 5.41) is 9.56. The minimum absolute atomic E-state index is 0.00293. The molecule has 1 rings (SSSR count). The number of halogens is 1. The van der Waals surface area contributed by atoms with Gasteiger partial charge in [0.25, 0.3) is 0 Å². The van der Waals surface area contributed by atoms with Crippen molar-refractivity contribution in [2.24, 2.45) is 11.7 Å². The van der Waals surface area contributed by atoms with E-state index in [0.29, 0.717) is 11.6 Å². The van der Waals surface area contributed by atoms with E-state index < -0.39 is 0 Å². The molecule has 0 aromatic heterocycles. The lowest BCUT2D eigenvalue weighted by Gasteiger charge is -2.25. The van der Waals surface area contributed by atoms with Crippen molar-refractivity contribution >= 4 is 17.3 Å². The van der Waals surface area contributed by atoms with Gasteiger partial charge in [-0.25, -0.2) is 0 Å². The summed E-state index contributed by atoms with van der Waals surface area (Å²) in [4.78, 5) is 2.14. The monoisotopic (exact) mass is 265 g/mol. The summed E-state index contributed by atoms with van der Waals surface area (Å²) in [6, 6.07) is 8.08. The molecule has 0 aliphatic carbocycles. The molecule has 0 amide bonds. The molecule has 4 heteroatoms. The van der Waals surface area contributed by atoms with Gasteiger partial charge in [-0.05, 0) is 38.5 Å². The summed E-state index contributed by atoms with van der Waals surface area (Å²) in [6.07, 6.45) is 0. The molecule has 3 nitrogen and oxygen atoms in total. The molecule has 18 heavy (non-hydrogen) atoms. The molecule has 0 bridgehead atoms. The van der Waals surface area contributed by atoms with Crippen LogP contribution in [0.5, 0.6) is 0 Å². The van der Waals surface area contributed by atoms with Crippen LogP contribution in [0.4, 0.5) is 5.69 Å². The number of nitrogens with two attached hydrogens (primary N) is 1. The summed E-state index contributed by atoms with van der Waals surface area (Å²) in [5.74, 6) is -0.00293. The first-order valence-corrected chi connectivity index (χ1v) is 6.57. The molecule has 0 saturated carbocycles. The van der Waals surface area contributed by atoms with Crippen molar-refractivity contribution in [1.82, 2.24) is 0 Å². The van der Waals surface area contributed by atoms with Crippen molar-refractivity contribution in [3.63, 3.8) is 0 Å². The van der Waals surface area contributed by atoms with Crippen LogP contribution >= 0.6 is 11.6 Å². The van der Waals surface area contributed by atoms with Gasteiger partial charge < -0.3 is 10.6 Å². The Morgan fingerprint density at radius 3 is 2.56 bits per heavy atom. The molecule has 98 valence electrons. The molecule has 1 aromatic carbocycles. The van der Waals surface area contributed by atoms with E-state index in [-0.39, 0.29) is 12.0 Å². The van der Waals surface area contributed by atoms with Crippen molar-refractivity contribution in [3.05, 3.63) is 28.8 Å². The highest BCUT2D eigenvalue weighted by Crippen LogP contribution is 2.27. The highest BCUT2D eigenvalue weighted by atomic mass is 35.5. The normalized spacial score (nSPS) is 13.8. The molecule has 0 aliphatic rings. The molecule has 0 heterocycles. The Labute approximate surface area is 114 Å². The molecule has 1 aromatic rings. The molecule has 0 fully saturated rings. The number of anilines is 1. The molecule has 0 saturated heterocycles. The predicted molar refractivity (Wildman–Crippen MR) is 76.7 cm³/mol. The zero-order chi connectivity index (χ0) is 13.7. The van der Waals surface area contributed by atoms with Crippen LogP contribution in [0, 0.1) is 17.2 Å². The quantitative estimate of drug-likeness (QED) is 0.888. The first-order valence-electron chi connectivity index (χ1n) is 6.19.